The summed E-state index contributed by atoms with van der Waals surface area (Å²) >= 11 is 0. The number of nitrogens with one attached hydrogen (secondary N) is 2. The van der Waals surface area contributed by atoms with E-state index in [0.717, 1.165) is 10.9 Å². The van der Waals surface area contributed by atoms with Crippen LogP contribution < -0.4 is 10.0 Å². The van der Waals surface area contributed by atoms with Crippen molar-refractivity contribution in [2.24, 2.45) is 0 Å². The molecule has 0 saturated heterocycles. The molecule has 0 aliphatic heterocycles. The van der Waals surface area contributed by atoms with Gasteiger partial charge < -0.3 is 5.32 Å². The number of hydrogen-bond donors (Lipinski definition) is 2. The maximum atomic E-state index is 15.8. The Labute approximate surface area is 201 Å². The first-order chi connectivity index (χ1) is 16.3. The molecule has 3 rings (SSSR count). The minimum absolute atomic E-state index is 0.337. The number of halogens is 4. The highest BCUT2D eigenvalue weighted by molar-refractivity contribution is 7.89. The molecule has 2 N–H and O–H groups in total. The molecule has 3 aromatic rings. The zero-order chi connectivity index (χ0) is 26.0. The summed E-state index contributed by atoms with van der Waals surface area (Å²) in [5.74, 6) is -1.97. The first kappa shape index (κ1) is 26.6. The Morgan fingerprint density at radius 3 is 2.14 bits per heavy atom. The fraction of sp³-hybridized carbons (Fsp3) is 0.320. The number of carbonyl (C=O) groups is 1. The van der Waals surface area contributed by atoms with Crippen LogP contribution in [0.15, 0.2) is 71.6 Å². The fourth-order valence-electron chi connectivity index (χ4n) is 3.91. The SMILES string of the molecule is CC[C@H](NS(=O)(=O)c1ccc(C)cc1)[C@@](F)(C(=O)NC(C)c1cccc2ccccc12)C(F)(F)F. The molecule has 1 amide bonds. The number of amides is 1. The lowest BCUT2D eigenvalue weighted by atomic mass is 9.91. The average molecular weight is 511 g/mol. The van der Waals surface area contributed by atoms with Gasteiger partial charge in [0.1, 0.15) is 0 Å². The second kappa shape index (κ2) is 9.94. The van der Waals surface area contributed by atoms with Crippen LogP contribution in [0.5, 0.6) is 0 Å². The highest BCUT2D eigenvalue weighted by Gasteiger charge is 2.66. The number of benzene rings is 3. The van der Waals surface area contributed by atoms with Gasteiger partial charge in [-0.25, -0.2) is 17.5 Å². The first-order valence-corrected chi connectivity index (χ1v) is 12.4. The van der Waals surface area contributed by atoms with Gasteiger partial charge in [-0.3, -0.25) is 4.79 Å². The summed E-state index contributed by atoms with van der Waals surface area (Å²) in [6.45, 7) is 4.31. The van der Waals surface area contributed by atoms with Gasteiger partial charge in [0.15, 0.2) is 0 Å². The molecule has 3 aromatic carbocycles. The smallest absolute Gasteiger partial charge is 0.346 e. The quantitative estimate of drug-likeness (QED) is 0.401. The van der Waals surface area contributed by atoms with Crippen LogP contribution in [0.1, 0.15) is 37.4 Å². The maximum absolute atomic E-state index is 15.8. The highest BCUT2D eigenvalue weighted by Crippen LogP contribution is 2.39. The second-order valence-corrected chi connectivity index (χ2v) is 10.1. The molecule has 35 heavy (non-hydrogen) atoms. The van der Waals surface area contributed by atoms with E-state index in [2.05, 4.69) is 5.32 Å². The minimum atomic E-state index is -5.69. The van der Waals surface area contributed by atoms with Gasteiger partial charge in [0.25, 0.3) is 11.6 Å². The average Bonchev–Trinajstić information content (AvgIpc) is 2.81. The van der Waals surface area contributed by atoms with Gasteiger partial charge in [0, 0.05) is 0 Å². The van der Waals surface area contributed by atoms with Gasteiger partial charge in [0.2, 0.25) is 10.0 Å². The van der Waals surface area contributed by atoms with E-state index >= 15 is 4.39 Å². The van der Waals surface area contributed by atoms with Gasteiger partial charge in [0.05, 0.1) is 17.0 Å². The van der Waals surface area contributed by atoms with Gasteiger partial charge in [-0.15, -0.1) is 0 Å². The number of aryl methyl sites for hydroxylation is 1. The van der Waals surface area contributed by atoms with Crippen LogP contribution in [-0.4, -0.2) is 32.2 Å². The molecule has 0 bridgehead atoms. The number of fused-ring (bicyclic) bond motifs is 1. The Kier molecular flexibility index (Phi) is 7.56. The third-order valence-electron chi connectivity index (χ3n) is 5.90. The van der Waals surface area contributed by atoms with E-state index in [1.165, 1.54) is 38.1 Å². The normalized spacial score (nSPS) is 15.9. The molecule has 5 nitrogen and oxygen atoms in total. The predicted molar refractivity (Wildman–Crippen MR) is 126 cm³/mol. The molecule has 3 atom stereocenters. The van der Waals surface area contributed by atoms with Crippen LogP contribution in [0.25, 0.3) is 10.8 Å². The lowest BCUT2D eigenvalue weighted by Gasteiger charge is -2.34. The number of carbonyl (C=O) groups excluding carboxylic acids is 1. The largest absolute Gasteiger partial charge is 0.433 e. The third kappa shape index (κ3) is 5.33. The van der Waals surface area contributed by atoms with E-state index < -0.39 is 46.3 Å². The standard InChI is InChI=1S/C25H26F4N2O3S/c1-4-22(31-35(33,34)19-14-12-16(2)13-15-19)24(26,25(27,28)29)23(32)30-17(3)20-11-7-9-18-8-5-6-10-21(18)20/h5-15,17,22,31H,4H2,1-3H3,(H,30,32)/t17?,22-,24+/m0/s1. The van der Waals surface area contributed by atoms with Crippen LogP contribution in [-0.2, 0) is 14.8 Å². The van der Waals surface area contributed by atoms with Crippen LogP contribution in [0.2, 0.25) is 0 Å². The lowest BCUT2D eigenvalue weighted by Crippen LogP contribution is -2.65. The summed E-state index contributed by atoms with van der Waals surface area (Å²) in [6, 6.07) is 14.1. The predicted octanol–water partition coefficient (Wildman–Crippen LogP) is 5.35. The molecule has 0 aliphatic carbocycles. The van der Waals surface area contributed by atoms with Crippen LogP contribution in [0.4, 0.5) is 17.6 Å². The summed E-state index contributed by atoms with van der Waals surface area (Å²) < 4.78 is 85.2. The van der Waals surface area contributed by atoms with E-state index in [1.807, 2.05) is 0 Å². The molecule has 0 radical (unpaired) electrons. The van der Waals surface area contributed by atoms with Gasteiger partial charge >= 0.3 is 6.18 Å². The van der Waals surface area contributed by atoms with Crippen molar-refractivity contribution >= 4 is 26.7 Å². The Hall–Kier alpha value is -2.98. The number of rotatable bonds is 8. The van der Waals surface area contributed by atoms with E-state index in [0.29, 0.717) is 10.9 Å². The molecule has 0 aromatic heterocycles. The van der Waals surface area contributed by atoms with Gasteiger partial charge in [-0.1, -0.05) is 67.1 Å². The summed E-state index contributed by atoms with van der Waals surface area (Å²) in [4.78, 5) is 12.5. The van der Waals surface area contributed by atoms with Crippen LogP contribution >= 0.6 is 0 Å². The van der Waals surface area contributed by atoms with E-state index in [-0.39, 0.29) is 4.90 Å². The molecule has 0 aliphatic rings. The summed E-state index contributed by atoms with van der Waals surface area (Å²) in [5, 5.41) is 3.60. The molecular weight excluding hydrogens is 484 g/mol. The lowest BCUT2D eigenvalue weighted by molar-refractivity contribution is -0.234. The minimum Gasteiger partial charge on any atom is -0.346 e. The number of alkyl halides is 4. The van der Waals surface area contributed by atoms with Crippen molar-refractivity contribution in [2.45, 2.75) is 56.0 Å². The molecule has 0 fully saturated rings. The monoisotopic (exact) mass is 510 g/mol. The molecule has 1 unspecified atom stereocenters. The van der Waals surface area contributed by atoms with Crippen molar-refractivity contribution in [3.8, 4) is 0 Å². The fourth-order valence-corrected chi connectivity index (χ4v) is 5.24. The van der Waals surface area contributed by atoms with Crippen molar-refractivity contribution < 1.29 is 30.8 Å². The molecule has 0 spiro atoms. The summed E-state index contributed by atoms with van der Waals surface area (Å²) in [7, 11) is -4.54. The van der Waals surface area contributed by atoms with Crippen LogP contribution in [0.3, 0.4) is 0 Å². The van der Waals surface area contributed by atoms with Crippen molar-refractivity contribution in [1.82, 2.24) is 10.0 Å². The van der Waals surface area contributed by atoms with E-state index in [9.17, 15) is 26.4 Å². The molecule has 0 saturated carbocycles. The highest BCUT2D eigenvalue weighted by atomic mass is 32.2. The third-order valence-corrected chi connectivity index (χ3v) is 7.39. The molecular formula is C25H26F4N2O3S. The summed E-state index contributed by atoms with van der Waals surface area (Å²) in [6.07, 6.45) is -6.32. The van der Waals surface area contributed by atoms with Gasteiger partial charge in [-0.05, 0) is 48.7 Å². The Morgan fingerprint density at radius 1 is 0.943 bits per heavy atom. The van der Waals surface area contributed by atoms with E-state index in [1.54, 1.807) is 54.1 Å². The molecule has 0 heterocycles. The van der Waals surface area contributed by atoms with Crippen molar-refractivity contribution in [2.75, 3.05) is 0 Å². The Balaban J connectivity index is 1.94. The summed E-state index contributed by atoms with van der Waals surface area (Å²) in [5.41, 5.74) is -3.29. The molecule has 188 valence electrons. The van der Waals surface area contributed by atoms with Crippen LogP contribution in [0, 0.1) is 6.92 Å². The van der Waals surface area contributed by atoms with Crippen molar-refractivity contribution in [3.63, 3.8) is 0 Å². The number of hydrogen-bond acceptors (Lipinski definition) is 3. The second-order valence-electron chi connectivity index (χ2n) is 8.37. The van der Waals surface area contributed by atoms with Crippen molar-refractivity contribution in [3.05, 3.63) is 77.9 Å². The zero-order valence-corrected chi connectivity index (χ0v) is 20.2. The van der Waals surface area contributed by atoms with Gasteiger partial charge in [-0.2, -0.15) is 13.2 Å². The first-order valence-electron chi connectivity index (χ1n) is 10.9. The number of sulfonamides is 1. The topological polar surface area (TPSA) is 75.3 Å². The maximum Gasteiger partial charge on any atom is 0.433 e. The Bertz CT molecular complexity index is 1310. The van der Waals surface area contributed by atoms with E-state index in [4.69, 9.17) is 0 Å². The Morgan fingerprint density at radius 2 is 1.54 bits per heavy atom. The zero-order valence-electron chi connectivity index (χ0n) is 19.4. The molecule has 10 heteroatoms. The van der Waals surface area contributed by atoms with Crippen molar-refractivity contribution in [1.29, 1.82) is 0 Å².